The molecule has 0 heterocycles. The Hall–Kier alpha value is 5.40. The first-order valence-corrected chi connectivity index (χ1v) is 0. The SMILES string of the molecule is Cl.Cl.Cl.Cl.Cl.Cl.[Ag].[Cs+].[H-].[InH3]. The summed E-state index contributed by atoms with van der Waals surface area (Å²) in [4.78, 5) is 0. The van der Waals surface area contributed by atoms with Crippen LogP contribution in [0.3, 0.4) is 0 Å². The van der Waals surface area contributed by atoms with E-state index in [-0.39, 0.29) is 193 Å². The quantitative estimate of drug-likeness (QED) is 0.306. The molecule has 0 amide bonds. The van der Waals surface area contributed by atoms with Crippen LogP contribution in [0.5, 0.6) is 0 Å². The molecule has 0 aliphatic rings. The van der Waals surface area contributed by atoms with Crippen LogP contribution in [0.1, 0.15) is 1.43 Å². The molecule has 0 aliphatic carbocycles. The van der Waals surface area contributed by atoms with Gasteiger partial charge in [-0.05, 0) is 0 Å². The first kappa shape index (κ1) is 88.6. The van der Waals surface area contributed by atoms with Crippen molar-refractivity contribution < 1.29 is 92.7 Å². The van der Waals surface area contributed by atoms with Crippen molar-refractivity contribution in [2.24, 2.45) is 0 Å². The van der Waals surface area contributed by atoms with E-state index in [1.807, 2.05) is 0 Å². The molecule has 0 atom stereocenters. The van der Waals surface area contributed by atoms with E-state index in [1.54, 1.807) is 0 Å². The van der Waals surface area contributed by atoms with Crippen molar-refractivity contribution in [3.8, 4) is 0 Å². The molecule has 0 aromatic carbocycles. The van der Waals surface area contributed by atoms with Gasteiger partial charge < -0.3 is 1.43 Å². The van der Waals surface area contributed by atoms with E-state index in [2.05, 4.69) is 0 Å². The molecule has 0 N–H and O–H groups in total. The van der Waals surface area contributed by atoms with E-state index in [4.69, 9.17) is 0 Å². The number of rotatable bonds is 0. The molecule has 9 heavy (non-hydrogen) atoms. The molecule has 0 bridgehead atoms. The van der Waals surface area contributed by atoms with Crippen molar-refractivity contribution in [1.29, 1.82) is 0 Å². The average molecular weight is 578 g/mol. The molecule has 0 saturated heterocycles. The molecular formula is H10AgCl6CsIn. The van der Waals surface area contributed by atoms with Crippen molar-refractivity contribution in [2.75, 3.05) is 0 Å². The third kappa shape index (κ3) is 59.7. The topological polar surface area (TPSA) is 0 Å². The van der Waals surface area contributed by atoms with Gasteiger partial charge in [0.25, 0.3) is 0 Å². The van der Waals surface area contributed by atoms with Gasteiger partial charge in [-0.3, -0.25) is 0 Å². The average Bonchev–Trinajstić information content (AvgIpc) is 0. The van der Waals surface area contributed by atoms with Crippen molar-refractivity contribution >= 4 is 100 Å². The van der Waals surface area contributed by atoms with Gasteiger partial charge in [0.15, 0.2) is 0 Å². The van der Waals surface area contributed by atoms with Crippen LogP contribution in [0, 0.1) is 0 Å². The van der Waals surface area contributed by atoms with Gasteiger partial charge in [0.2, 0.25) is 0 Å². The van der Waals surface area contributed by atoms with E-state index < -0.39 is 0 Å². The Kier molecular flexibility index (Phi) is 696. The zero-order valence-corrected chi connectivity index (χ0v) is 16.4. The van der Waals surface area contributed by atoms with Crippen LogP contribution < -0.4 is 68.9 Å². The second-order valence-electron chi connectivity index (χ2n) is 0. The van der Waals surface area contributed by atoms with Gasteiger partial charge in [0.05, 0.1) is 0 Å². The van der Waals surface area contributed by atoms with Gasteiger partial charge in [0.1, 0.15) is 0 Å². The van der Waals surface area contributed by atoms with Crippen molar-refractivity contribution in [3.05, 3.63) is 0 Å². The maximum absolute atomic E-state index is 0. The van der Waals surface area contributed by atoms with Crippen molar-refractivity contribution in [3.63, 3.8) is 0 Å². The summed E-state index contributed by atoms with van der Waals surface area (Å²) < 4.78 is 0. The minimum atomic E-state index is 0. The monoisotopic (exact) mass is 575 g/mol. The summed E-state index contributed by atoms with van der Waals surface area (Å²) in [5.41, 5.74) is 0. The summed E-state index contributed by atoms with van der Waals surface area (Å²) in [6.45, 7) is 0. The Morgan fingerprint density at radius 3 is 0.556 bits per heavy atom. The third-order valence-electron chi connectivity index (χ3n) is 0. The Morgan fingerprint density at radius 1 is 0.556 bits per heavy atom. The van der Waals surface area contributed by atoms with Gasteiger partial charge in [-0.25, -0.2) is 0 Å². The van der Waals surface area contributed by atoms with Crippen LogP contribution in [0.2, 0.25) is 0 Å². The predicted molar refractivity (Wildman–Crippen MR) is 54.5 cm³/mol. The summed E-state index contributed by atoms with van der Waals surface area (Å²) in [5.74, 6) is 0. The standard InChI is InChI=1S/Ag.6ClH.Cs.In.4H/h;6*1H;;;;;;/q;;;;;;;+1;;;;;-1. The summed E-state index contributed by atoms with van der Waals surface area (Å²) >= 11 is 0. The first-order chi connectivity index (χ1) is 0. The normalized spacial score (nSPS) is 0. The van der Waals surface area contributed by atoms with Gasteiger partial charge in [-0.15, -0.1) is 74.4 Å². The Morgan fingerprint density at radius 2 is 0.556 bits per heavy atom. The summed E-state index contributed by atoms with van der Waals surface area (Å²) in [5, 5.41) is 0. The van der Waals surface area contributed by atoms with Crippen LogP contribution in [-0.2, 0) is 22.4 Å². The molecule has 0 aromatic heterocycles. The fourth-order valence-corrected chi connectivity index (χ4v) is 0. The molecule has 0 saturated carbocycles. The summed E-state index contributed by atoms with van der Waals surface area (Å²) in [6.07, 6.45) is 0. The molecule has 0 unspecified atom stereocenters. The second-order valence-corrected chi connectivity index (χ2v) is 0. The van der Waals surface area contributed by atoms with Crippen LogP contribution in [0.25, 0.3) is 0 Å². The molecule has 0 aromatic rings. The molecule has 0 aliphatic heterocycles. The fourth-order valence-electron chi connectivity index (χ4n) is 0. The maximum atomic E-state index is 0. The number of hydrogen-bond acceptors (Lipinski definition) is 0. The second kappa shape index (κ2) is 70.6. The van der Waals surface area contributed by atoms with Gasteiger partial charge in [-0.2, -0.15) is 0 Å². The predicted octanol–water partition coefficient (Wildman–Crippen LogP) is -1.54. The molecule has 0 spiro atoms. The fraction of sp³-hybridized carbons (Fsp3) is 0. The van der Waals surface area contributed by atoms with Crippen LogP contribution in [-0.4, -0.2) is 25.8 Å². The van der Waals surface area contributed by atoms with Gasteiger partial charge in [0, 0.05) is 22.4 Å². The van der Waals surface area contributed by atoms with Crippen LogP contribution >= 0.6 is 74.4 Å². The van der Waals surface area contributed by atoms with Crippen LogP contribution in [0.4, 0.5) is 0 Å². The van der Waals surface area contributed by atoms with E-state index in [1.165, 1.54) is 0 Å². The third-order valence-corrected chi connectivity index (χ3v) is 0. The van der Waals surface area contributed by atoms with E-state index in [0.717, 1.165) is 0 Å². The first-order valence-electron chi connectivity index (χ1n) is 0. The molecule has 0 fully saturated rings. The minimum absolute atomic E-state index is 0. The zero-order valence-electron chi connectivity index (χ0n) is 4.75. The number of halogens is 6. The van der Waals surface area contributed by atoms with E-state index >= 15 is 0 Å². The summed E-state index contributed by atoms with van der Waals surface area (Å²) in [6, 6.07) is 0. The van der Waals surface area contributed by atoms with Crippen molar-refractivity contribution in [1.82, 2.24) is 0 Å². The molecule has 1 radical (unpaired) electrons. The molecule has 9 heteroatoms. The van der Waals surface area contributed by atoms with Crippen LogP contribution in [0.15, 0.2) is 0 Å². The summed E-state index contributed by atoms with van der Waals surface area (Å²) in [7, 11) is 0. The van der Waals surface area contributed by atoms with E-state index in [9.17, 15) is 0 Å². The molecule has 67 valence electrons. The van der Waals surface area contributed by atoms with Crippen molar-refractivity contribution in [2.45, 2.75) is 0 Å². The van der Waals surface area contributed by atoms with Gasteiger partial charge in [-0.1, -0.05) is 0 Å². The Bertz CT molecular complexity index is 17.7. The molecular weight excluding hydrogens is 568 g/mol. The molecule has 0 nitrogen and oxygen atoms in total. The Labute approximate surface area is 188 Å². The van der Waals surface area contributed by atoms with Gasteiger partial charge >= 0.3 is 94.7 Å². The Balaban J connectivity index is 0. The zero-order chi connectivity index (χ0) is 0. The van der Waals surface area contributed by atoms with E-state index in [0.29, 0.717) is 0 Å². The molecule has 0 rings (SSSR count). The number of hydrogen-bond donors (Lipinski definition) is 0.